The minimum Gasteiger partial charge on any atom is -0.462 e. The van der Waals surface area contributed by atoms with E-state index in [-0.39, 0.29) is 31.1 Å². The van der Waals surface area contributed by atoms with E-state index in [2.05, 4.69) is 93.7 Å². The molecule has 0 aromatic heterocycles. The lowest BCUT2D eigenvalue weighted by atomic mass is 10.1. The summed E-state index contributed by atoms with van der Waals surface area (Å²) in [6.07, 6.45) is 57.4. The zero-order valence-electron chi connectivity index (χ0n) is 37.8. The predicted octanol–water partition coefficient (Wildman–Crippen LogP) is 15.5. The van der Waals surface area contributed by atoms with E-state index in [1.165, 1.54) is 96.3 Å². The van der Waals surface area contributed by atoms with Gasteiger partial charge >= 0.3 is 17.9 Å². The summed E-state index contributed by atoms with van der Waals surface area (Å²) in [4.78, 5) is 37.8. The van der Waals surface area contributed by atoms with Gasteiger partial charge in [-0.1, -0.05) is 216 Å². The third-order valence-corrected chi connectivity index (χ3v) is 10.1. The Bertz CT molecular complexity index is 1110. The van der Waals surface area contributed by atoms with Gasteiger partial charge in [-0.3, -0.25) is 14.4 Å². The summed E-state index contributed by atoms with van der Waals surface area (Å²) in [7, 11) is 0. The summed E-state index contributed by atoms with van der Waals surface area (Å²) < 4.78 is 16.7. The molecule has 6 nitrogen and oxygen atoms in total. The minimum atomic E-state index is -0.783. The van der Waals surface area contributed by atoms with Gasteiger partial charge in [0.2, 0.25) is 0 Å². The van der Waals surface area contributed by atoms with E-state index >= 15 is 0 Å². The van der Waals surface area contributed by atoms with Crippen LogP contribution in [0, 0.1) is 0 Å². The van der Waals surface area contributed by atoms with Crippen molar-refractivity contribution in [2.75, 3.05) is 13.2 Å². The molecule has 0 N–H and O–H groups in total. The molecule has 0 fully saturated rings. The molecule has 332 valence electrons. The molecule has 58 heavy (non-hydrogen) atoms. The van der Waals surface area contributed by atoms with Crippen LogP contribution in [0.2, 0.25) is 0 Å². The zero-order chi connectivity index (χ0) is 42.3. The number of unbranched alkanes of at least 4 members (excludes halogenated alkanes) is 23. The monoisotopic (exact) mass is 809 g/mol. The Kier molecular flexibility index (Phi) is 44.0. The number of hydrogen-bond donors (Lipinski definition) is 0. The van der Waals surface area contributed by atoms with Crippen LogP contribution in [-0.4, -0.2) is 37.2 Å². The van der Waals surface area contributed by atoms with Crippen molar-refractivity contribution in [3.05, 3.63) is 72.9 Å². The van der Waals surface area contributed by atoms with E-state index < -0.39 is 6.10 Å². The summed E-state index contributed by atoms with van der Waals surface area (Å²) in [6, 6.07) is 0. The summed E-state index contributed by atoms with van der Waals surface area (Å²) >= 11 is 0. The molecule has 0 saturated heterocycles. The third-order valence-electron chi connectivity index (χ3n) is 10.1. The summed E-state index contributed by atoms with van der Waals surface area (Å²) in [5, 5.41) is 0. The second-order valence-electron chi connectivity index (χ2n) is 15.7. The average molecular weight is 809 g/mol. The number of carbonyl (C=O) groups is 3. The van der Waals surface area contributed by atoms with Crippen molar-refractivity contribution in [1.82, 2.24) is 0 Å². The zero-order valence-corrected chi connectivity index (χ0v) is 37.8. The molecule has 0 amide bonds. The highest BCUT2D eigenvalue weighted by Crippen LogP contribution is 2.14. The molecule has 0 saturated carbocycles. The molecular weight excluding hydrogens is 721 g/mol. The van der Waals surface area contributed by atoms with E-state index in [0.29, 0.717) is 19.3 Å². The molecule has 0 bridgehead atoms. The largest absolute Gasteiger partial charge is 0.462 e. The Labute approximate surface area is 357 Å². The van der Waals surface area contributed by atoms with Crippen LogP contribution in [0.25, 0.3) is 0 Å². The van der Waals surface area contributed by atoms with Gasteiger partial charge in [0.25, 0.3) is 0 Å². The molecular formula is C52H88O6. The SMILES string of the molecule is CC\C=C/C=C\C=C/CCCCCCCCCC(=O)OCC(COC(=O)CCCCCCCCCCCC)OC(=O)CCCCCCCCC\C=C/C=C\C=C/CC. The molecule has 1 atom stereocenters. The van der Waals surface area contributed by atoms with Crippen LogP contribution in [0.3, 0.4) is 0 Å². The van der Waals surface area contributed by atoms with Crippen LogP contribution in [-0.2, 0) is 28.6 Å². The lowest BCUT2D eigenvalue weighted by molar-refractivity contribution is -0.167. The Morgan fingerprint density at radius 3 is 1.03 bits per heavy atom. The molecule has 0 aliphatic heterocycles. The van der Waals surface area contributed by atoms with Crippen LogP contribution < -0.4 is 0 Å². The van der Waals surface area contributed by atoms with Crippen molar-refractivity contribution in [3.8, 4) is 0 Å². The Balaban J connectivity index is 4.40. The van der Waals surface area contributed by atoms with E-state index in [1.54, 1.807) is 0 Å². The van der Waals surface area contributed by atoms with Gasteiger partial charge in [-0.05, 0) is 57.8 Å². The molecule has 0 rings (SSSR count). The predicted molar refractivity (Wildman–Crippen MR) is 247 cm³/mol. The average Bonchev–Trinajstić information content (AvgIpc) is 3.22. The summed E-state index contributed by atoms with van der Waals surface area (Å²) in [6.45, 7) is 6.34. The maximum Gasteiger partial charge on any atom is 0.306 e. The number of hydrogen-bond acceptors (Lipinski definition) is 6. The first-order valence-corrected chi connectivity index (χ1v) is 24.0. The molecule has 0 aliphatic carbocycles. The lowest BCUT2D eigenvalue weighted by Crippen LogP contribution is -2.30. The number of allylic oxidation sites excluding steroid dienone is 12. The molecule has 0 spiro atoms. The highest BCUT2D eigenvalue weighted by atomic mass is 16.6. The number of esters is 3. The first kappa shape index (κ1) is 54.9. The van der Waals surface area contributed by atoms with Crippen molar-refractivity contribution in [2.24, 2.45) is 0 Å². The third kappa shape index (κ3) is 44.0. The molecule has 0 heterocycles. The molecule has 0 aromatic carbocycles. The van der Waals surface area contributed by atoms with Gasteiger partial charge in [0.15, 0.2) is 6.10 Å². The van der Waals surface area contributed by atoms with E-state index in [0.717, 1.165) is 83.5 Å². The lowest BCUT2D eigenvalue weighted by Gasteiger charge is -2.18. The molecule has 0 radical (unpaired) electrons. The van der Waals surface area contributed by atoms with Crippen LogP contribution in [0.1, 0.15) is 220 Å². The highest BCUT2D eigenvalue weighted by molar-refractivity contribution is 5.71. The number of rotatable bonds is 42. The van der Waals surface area contributed by atoms with Crippen LogP contribution in [0.5, 0.6) is 0 Å². The fraction of sp³-hybridized carbons (Fsp3) is 0.712. The van der Waals surface area contributed by atoms with Gasteiger partial charge in [-0.15, -0.1) is 0 Å². The second kappa shape index (κ2) is 46.5. The van der Waals surface area contributed by atoms with Gasteiger partial charge in [0.05, 0.1) is 0 Å². The molecule has 1 unspecified atom stereocenters. The van der Waals surface area contributed by atoms with Crippen molar-refractivity contribution in [1.29, 1.82) is 0 Å². The Morgan fingerprint density at radius 2 is 0.672 bits per heavy atom. The molecule has 0 aliphatic rings. The highest BCUT2D eigenvalue weighted by Gasteiger charge is 2.19. The fourth-order valence-corrected chi connectivity index (χ4v) is 6.50. The Hall–Kier alpha value is -3.15. The second-order valence-corrected chi connectivity index (χ2v) is 15.7. The van der Waals surface area contributed by atoms with E-state index in [9.17, 15) is 14.4 Å². The molecule has 6 heteroatoms. The number of ether oxygens (including phenoxy) is 3. The van der Waals surface area contributed by atoms with Crippen molar-refractivity contribution in [3.63, 3.8) is 0 Å². The van der Waals surface area contributed by atoms with Gasteiger partial charge < -0.3 is 14.2 Å². The van der Waals surface area contributed by atoms with Gasteiger partial charge in [-0.2, -0.15) is 0 Å². The van der Waals surface area contributed by atoms with Gasteiger partial charge in [0.1, 0.15) is 13.2 Å². The first-order chi connectivity index (χ1) is 28.5. The molecule has 0 aromatic rings. The summed E-state index contributed by atoms with van der Waals surface area (Å²) in [5.74, 6) is -0.911. The van der Waals surface area contributed by atoms with Crippen LogP contribution in [0.15, 0.2) is 72.9 Å². The smallest absolute Gasteiger partial charge is 0.306 e. The van der Waals surface area contributed by atoms with Gasteiger partial charge in [0, 0.05) is 19.3 Å². The maximum atomic E-state index is 12.8. The quantitative estimate of drug-likeness (QED) is 0.0264. The van der Waals surface area contributed by atoms with Gasteiger partial charge in [-0.25, -0.2) is 0 Å². The Morgan fingerprint density at radius 1 is 0.362 bits per heavy atom. The fourth-order valence-electron chi connectivity index (χ4n) is 6.50. The van der Waals surface area contributed by atoms with Crippen molar-refractivity contribution in [2.45, 2.75) is 226 Å². The van der Waals surface area contributed by atoms with Crippen molar-refractivity contribution >= 4 is 17.9 Å². The van der Waals surface area contributed by atoms with Crippen LogP contribution >= 0.6 is 0 Å². The minimum absolute atomic E-state index is 0.0835. The van der Waals surface area contributed by atoms with Crippen LogP contribution in [0.4, 0.5) is 0 Å². The van der Waals surface area contributed by atoms with E-state index in [1.807, 2.05) is 0 Å². The maximum absolute atomic E-state index is 12.8. The topological polar surface area (TPSA) is 78.9 Å². The van der Waals surface area contributed by atoms with E-state index in [4.69, 9.17) is 14.2 Å². The normalized spacial score (nSPS) is 12.7. The standard InChI is InChI=1S/C52H88O6/c1-4-7-10-13-16-19-22-24-26-28-30-33-36-39-42-45-51(54)57-48-49(47-56-50(53)44-41-38-35-32-21-18-15-12-9-6-3)58-52(55)46-43-40-37-34-31-29-27-25-23-20-17-14-11-8-5-2/h7-8,10-11,13-14,16-17,19-20,22-23,49H,4-6,9,12,15,18,21,24-48H2,1-3H3/b10-7-,11-8-,16-13-,17-14-,22-19-,23-20-. The number of carbonyl (C=O) groups excluding carboxylic acids is 3. The summed E-state index contributed by atoms with van der Waals surface area (Å²) in [5.41, 5.74) is 0. The van der Waals surface area contributed by atoms with Crippen molar-refractivity contribution < 1.29 is 28.6 Å². The first-order valence-electron chi connectivity index (χ1n) is 24.0.